The topological polar surface area (TPSA) is 80.0 Å². The lowest BCUT2D eigenvalue weighted by Gasteiger charge is -2.17. The Kier molecular flexibility index (Phi) is 4.57. The van der Waals surface area contributed by atoms with Gasteiger partial charge in [0.05, 0.1) is 23.3 Å². The summed E-state index contributed by atoms with van der Waals surface area (Å²) in [4.78, 5) is 16.7. The van der Waals surface area contributed by atoms with Crippen LogP contribution in [0.15, 0.2) is 12.3 Å². The number of pyridine rings is 1. The number of nitrogens with one attached hydrogen (secondary N) is 1. The largest absolute Gasteiger partial charge is 0.391 e. The monoisotopic (exact) mass is 290 g/mol. The molecule has 2 rings (SSSR count). The summed E-state index contributed by atoms with van der Waals surface area (Å²) in [7, 11) is 1.79. The molecule has 2 N–H and O–H groups in total. The van der Waals surface area contributed by atoms with E-state index in [2.05, 4.69) is 15.4 Å². The zero-order chi connectivity index (χ0) is 15.6. The Morgan fingerprint density at radius 3 is 2.90 bits per heavy atom. The molecule has 1 amide bonds. The third-order valence-electron chi connectivity index (χ3n) is 3.85. The van der Waals surface area contributed by atoms with Gasteiger partial charge >= 0.3 is 0 Å². The quantitative estimate of drug-likeness (QED) is 0.872. The molecule has 0 aliphatic carbocycles. The van der Waals surface area contributed by atoms with E-state index in [0.29, 0.717) is 11.2 Å². The molecule has 0 aliphatic heterocycles. The maximum absolute atomic E-state index is 12.3. The van der Waals surface area contributed by atoms with Crippen molar-refractivity contribution in [3.8, 4) is 0 Å². The number of fused-ring (bicyclic) bond motifs is 1. The van der Waals surface area contributed by atoms with Gasteiger partial charge in [-0.15, -0.1) is 0 Å². The number of hydrogen-bond acceptors (Lipinski definition) is 4. The molecular weight excluding hydrogens is 268 g/mol. The number of rotatable bonds is 5. The molecule has 0 spiro atoms. The van der Waals surface area contributed by atoms with E-state index >= 15 is 0 Å². The lowest BCUT2D eigenvalue weighted by atomic mass is 10.0. The Bertz CT molecular complexity index is 650. The fourth-order valence-electron chi connectivity index (χ4n) is 2.19. The van der Waals surface area contributed by atoms with Crippen molar-refractivity contribution in [1.29, 1.82) is 0 Å². The van der Waals surface area contributed by atoms with Crippen molar-refractivity contribution in [3.63, 3.8) is 0 Å². The maximum Gasteiger partial charge on any atom is 0.252 e. The molecule has 6 heteroatoms. The highest BCUT2D eigenvalue weighted by Gasteiger charge is 2.17. The van der Waals surface area contributed by atoms with Crippen molar-refractivity contribution < 1.29 is 9.90 Å². The molecule has 2 atom stereocenters. The molecule has 6 nitrogen and oxygen atoms in total. The molecule has 0 bridgehead atoms. The Balaban J connectivity index is 2.20. The highest BCUT2D eigenvalue weighted by molar-refractivity contribution is 6.05. The minimum Gasteiger partial charge on any atom is -0.391 e. The molecule has 0 aliphatic rings. The first kappa shape index (κ1) is 15.4. The fraction of sp³-hybridized carbons (Fsp3) is 0.533. The second-order valence-electron chi connectivity index (χ2n) is 5.48. The average molecular weight is 290 g/mol. The van der Waals surface area contributed by atoms with Crippen LogP contribution in [0.1, 0.15) is 36.3 Å². The minimum atomic E-state index is -0.536. The first-order valence-electron chi connectivity index (χ1n) is 7.19. The number of aryl methyl sites for hydroxylation is 2. The van der Waals surface area contributed by atoms with Gasteiger partial charge in [0, 0.05) is 19.3 Å². The lowest BCUT2D eigenvalue weighted by Crippen LogP contribution is -2.35. The highest BCUT2D eigenvalue weighted by atomic mass is 16.3. The van der Waals surface area contributed by atoms with Crippen LogP contribution in [-0.2, 0) is 7.05 Å². The molecule has 2 aromatic rings. The standard InChI is InChI=1S/C15H22N4O2/c1-5-9(2)13(20)8-16-15(21)11-6-10(3)18-14-12(11)7-17-19(14)4/h6-7,9,13,20H,5,8H2,1-4H3,(H,16,21). The van der Waals surface area contributed by atoms with Crippen LogP contribution in [0.3, 0.4) is 0 Å². The third-order valence-corrected chi connectivity index (χ3v) is 3.85. The van der Waals surface area contributed by atoms with E-state index in [9.17, 15) is 9.90 Å². The summed E-state index contributed by atoms with van der Waals surface area (Å²) in [6.45, 7) is 6.07. The second-order valence-corrected chi connectivity index (χ2v) is 5.48. The van der Waals surface area contributed by atoms with Crippen molar-refractivity contribution in [1.82, 2.24) is 20.1 Å². The van der Waals surface area contributed by atoms with E-state index in [-0.39, 0.29) is 18.4 Å². The summed E-state index contributed by atoms with van der Waals surface area (Å²) >= 11 is 0. The van der Waals surface area contributed by atoms with Crippen molar-refractivity contribution in [2.75, 3.05) is 6.54 Å². The highest BCUT2D eigenvalue weighted by Crippen LogP contribution is 2.17. The number of aliphatic hydroxyl groups is 1. The molecule has 0 saturated carbocycles. The summed E-state index contributed by atoms with van der Waals surface area (Å²) in [5.74, 6) is -0.0521. The van der Waals surface area contributed by atoms with Crippen LogP contribution in [0.5, 0.6) is 0 Å². The Labute approximate surface area is 124 Å². The average Bonchev–Trinajstić information content (AvgIpc) is 2.84. The van der Waals surface area contributed by atoms with Gasteiger partial charge in [-0.25, -0.2) is 4.98 Å². The molecule has 2 unspecified atom stereocenters. The van der Waals surface area contributed by atoms with Gasteiger partial charge in [-0.1, -0.05) is 20.3 Å². The molecule has 21 heavy (non-hydrogen) atoms. The van der Waals surface area contributed by atoms with E-state index in [1.165, 1.54) is 0 Å². The Hall–Kier alpha value is -1.95. The van der Waals surface area contributed by atoms with Gasteiger partial charge in [-0.3, -0.25) is 9.48 Å². The Morgan fingerprint density at radius 1 is 1.52 bits per heavy atom. The summed E-state index contributed by atoms with van der Waals surface area (Å²) < 4.78 is 1.65. The minimum absolute atomic E-state index is 0.155. The van der Waals surface area contributed by atoms with Crippen LogP contribution in [-0.4, -0.2) is 38.4 Å². The zero-order valence-corrected chi connectivity index (χ0v) is 12.9. The van der Waals surface area contributed by atoms with Crippen molar-refractivity contribution in [3.05, 3.63) is 23.5 Å². The maximum atomic E-state index is 12.3. The smallest absolute Gasteiger partial charge is 0.252 e. The third kappa shape index (κ3) is 3.21. The van der Waals surface area contributed by atoms with Crippen LogP contribution >= 0.6 is 0 Å². The Morgan fingerprint density at radius 2 is 2.24 bits per heavy atom. The van der Waals surface area contributed by atoms with Crippen molar-refractivity contribution in [2.24, 2.45) is 13.0 Å². The molecule has 114 valence electrons. The predicted molar refractivity (Wildman–Crippen MR) is 81.0 cm³/mol. The van der Waals surface area contributed by atoms with Crippen LogP contribution in [0, 0.1) is 12.8 Å². The number of aromatic nitrogens is 3. The van der Waals surface area contributed by atoms with Gasteiger partial charge in [0.25, 0.3) is 5.91 Å². The van der Waals surface area contributed by atoms with Gasteiger partial charge in [0.2, 0.25) is 0 Å². The van der Waals surface area contributed by atoms with Crippen LogP contribution in [0.2, 0.25) is 0 Å². The molecular formula is C15H22N4O2. The summed E-state index contributed by atoms with van der Waals surface area (Å²) in [5, 5.41) is 17.6. The number of hydrogen-bond donors (Lipinski definition) is 2. The number of amides is 1. The SMILES string of the molecule is CCC(C)C(O)CNC(=O)c1cc(C)nc2c1cnn2C. The van der Waals surface area contributed by atoms with E-state index in [0.717, 1.165) is 17.5 Å². The van der Waals surface area contributed by atoms with E-state index in [1.807, 2.05) is 20.8 Å². The van der Waals surface area contributed by atoms with Crippen LogP contribution in [0.4, 0.5) is 0 Å². The van der Waals surface area contributed by atoms with Gasteiger partial charge < -0.3 is 10.4 Å². The molecule has 0 radical (unpaired) electrons. The summed E-state index contributed by atoms with van der Waals surface area (Å²) in [6, 6.07) is 1.75. The first-order chi connectivity index (χ1) is 9.93. The summed E-state index contributed by atoms with van der Waals surface area (Å²) in [5.41, 5.74) is 1.99. The normalized spacial score (nSPS) is 14.1. The molecule has 2 aromatic heterocycles. The van der Waals surface area contributed by atoms with E-state index < -0.39 is 6.10 Å². The number of carbonyl (C=O) groups is 1. The zero-order valence-electron chi connectivity index (χ0n) is 12.9. The lowest BCUT2D eigenvalue weighted by molar-refractivity contribution is 0.0851. The predicted octanol–water partition coefficient (Wildman–Crippen LogP) is 1.41. The van der Waals surface area contributed by atoms with E-state index in [4.69, 9.17) is 0 Å². The van der Waals surface area contributed by atoms with Gasteiger partial charge in [-0.05, 0) is 18.9 Å². The second kappa shape index (κ2) is 6.22. The van der Waals surface area contributed by atoms with Crippen LogP contribution in [0.25, 0.3) is 11.0 Å². The fourth-order valence-corrected chi connectivity index (χ4v) is 2.19. The van der Waals surface area contributed by atoms with Gasteiger partial charge in [-0.2, -0.15) is 5.10 Å². The molecule has 2 heterocycles. The first-order valence-corrected chi connectivity index (χ1v) is 7.19. The van der Waals surface area contributed by atoms with E-state index in [1.54, 1.807) is 24.0 Å². The van der Waals surface area contributed by atoms with Gasteiger partial charge in [0.15, 0.2) is 5.65 Å². The number of aliphatic hydroxyl groups excluding tert-OH is 1. The number of nitrogens with zero attached hydrogens (tertiary/aromatic N) is 3. The summed E-state index contributed by atoms with van der Waals surface area (Å²) in [6.07, 6.45) is 1.98. The molecule has 0 fully saturated rings. The van der Waals surface area contributed by atoms with Crippen molar-refractivity contribution in [2.45, 2.75) is 33.3 Å². The van der Waals surface area contributed by atoms with Crippen molar-refractivity contribution >= 4 is 16.9 Å². The van der Waals surface area contributed by atoms with Gasteiger partial charge in [0.1, 0.15) is 0 Å². The molecule has 0 saturated heterocycles. The van der Waals surface area contributed by atoms with Crippen LogP contribution < -0.4 is 5.32 Å². The molecule has 0 aromatic carbocycles. The number of carbonyl (C=O) groups excluding carboxylic acids is 1.